The normalized spacial score (nSPS) is 14.3. The molecule has 0 radical (unpaired) electrons. The van der Waals surface area contributed by atoms with Gasteiger partial charge >= 0.3 is 12.2 Å². The average molecular weight is 593 g/mol. The van der Waals surface area contributed by atoms with Crippen LogP contribution in [0.25, 0.3) is 0 Å². The Kier molecular flexibility index (Phi) is 9.21. The van der Waals surface area contributed by atoms with Gasteiger partial charge in [-0.1, -0.05) is 59.6 Å². The molecule has 0 aromatic heterocycles. The second-order valence-corrected chi connectivity index (χ2v) is 9.96. The van der Waals surface area contributed by atoms with Crippen LogP contribution < -0.4 is 21.3 Å². The Hall–Kier alpha value is -3.76. The van der Waals surface area contributed by atoms with Crippen LogP contribution in [-0.2, 0) is 19.1 Å². The number of alkyl halides is 3. The van der Waals surface area contributed by atoms with Crippen LogP contribution in [-0.4, -0.2) is 30.9 Å². The number of fused-ring (bicyclic) bond motifs is 1. The molecule has 0 heterocycles. The number of aryl methyl sites for hydroxylation is 1. The predicted molar refractivity (Wildman–Crippen MR) is 145 cm³/mol. The Bertz CT molecular complexity index is 1410. The molecule has 0 spiro atoms. The summed E-state index contributed by atoms with van der Waals surface area (Å²) in [5, 5.41) is 10.6. The minimum absolute atomic E-state index is 0.0327. The van der Waals surface area contributed by atoms with Crippen molar-refractivity contribution < 1.29 is 27.6 Å². The third-order valence-corrected chi connectivity index (χ3v) is 6.97. The minimum Gasteiger partial charge on any atom is -0.350 e. The first-order valence-electron chi connectivity index (χ1n) is 12.4. The third kappa shape index (κ3) is 7.25. The van der Waals surface area contributed by atoms with E-state index in [-0.39, 0.29) is 58.4 Å². The second-order valence-electron chi connectivity index (χ2n) is 9.14. The highest BCUT2D eigenvalue weighted by atomic mass is 35.5. The highest BCUT2D eigenvalue weighted by Crippen LogP contribution is 2.31. The molecular weight excluding hydrogens is 568 g/mol. The quantitative estimate of drug-likeness (QED) is 0.254. The minimum atomic E-state index is -4.50. The van der Waals surface area contributed by atoms with Crippen LogP contribution in [0.5, 0.6) is 0 Å². The van der Waals surface area contributed by atoms with Gasteiger partial charge in [0.05, 0.1) is 27.2 Å². The summed E-state index contributed by atoms with van der Waals surface area (Å²) < 4.78 is 38.7. The summed E-state index contributed by atoms with van der Waals surface area (Å²) in [5.41, 5.74) is 1.73. The largest absolute Gasteiger partial charge is 0.416 e. The van der Waals surface area contributed by atoms with Gasteiger partial charge in [0.25, 0.3) is 11.8 Å². The molecule has 3 aromatic carbocycles. The second kappa shape index (κ2) is 12.6. The van der Waals surface area contributed by atoms with Gasteiger partial charge in [0.2, 0.25) is 0 Å². The SMILES string of the molecule is O=C(NCCNC(=O)c1c(Cl)cc(C(=O)NCc2cccc(C(F)(F)F)c2)cc1Cl)N[C@@H]1CCc2ccccc21. The molecule has 0 saturated carbocycles. The topological polar surface area (TPSA) is 99.3 Å². The summed E-state index contributed by atoms with van der Waals surface area (Å²) >= 11 is 12.5. The van der Waals surface area contributed by atoms with Crippen molar-refractivity contribution in [2.45, 2.75) is 31.6 Å². The first kappa shape index (κ1) is 29.2. The summed E-state index contributed by atoms with van der Waals surface area (Å²) in [6, 6.07) is 14.6. The summed E-state index contributed by atoms with van der Waals surface area (Å²) in [4.78, 5) is 37.5. The Morgan fingerprint density at radius 2 is 1.55 bits per heavy atom. The maximum Gasteiger partial charge on any atom is 0.416 e. The van der Waals surface area contributed by atoms with E-state index in [9.17, 15) is 27.6 Å². The van der Waals surface area contributed by atoms with E-state index in [0.29, 0.717) is 0 Å². The molecule has 0 saturated heterocycles. The van der Waals surface area contributed by atoms with Gasteiger partial charge in [-0.2, -0.15) is 13.2 Å². The molecule has 1 atom stereocenters. The Labute approximate surface area is 238 Å². The summed E-state index contributed by atoms with van der Waals surface area (Å²) in [6.45, 7) is 0.0880. The monoisotopic (exact) mass is 592 g/mol. The number of urea groups is 1. The molecule has 210 valence electrons. The van der Waals surface area contributed by atoms with E-state index in [1.165, 1.54) is 29.8 Å². The van der Waals surface area contributed by atoms with E-state index in [1.807, 2.05) is 24.3 Å². The van der Waals surface area contributed by atoms with Crippen molar-refractivity contribution >= 4 is 41.0 Å². The van der Waals surface area contributed by atoms with Gasteiger partial charge < -0.3 is 21.3 Å². The lowest BCUT2D eigenvalue weighted by Crippen LogP contribution is -2.41. The lowest BCUT2D eigenvalue weighted by molar-refractivity contribution is -0.137. The average Bonchev–Trinajstić information content (AvgIpc) is 3.31. The fraction of sp³-hybridized carbons (Fsp3) is 0.250. The van der Waals surface area contributed by atoms with Crippen molar-refractivity contribution in [1.29, 1.82) is 0 Å². The van der Waals surface area contributed by atoms with Gasteiger partial charge in [0, 0.05) is 25.2 Å². The van der Waals surface area contributed by atoms with Gasteiger partial charge in [-0.15, -0.1) is 0 Å². The summed E-state index contributed by atoms with van der Waals surface area (Å²) in [6.07, 6.45) is -2.78. The van der Waals surface area contributed by atoms with Gasteiger partial charge in [-0.3, -0.25) is 9.59 Å². The van der Waals surface area contributed by atoms with E-state index in [1.54, 1.807) is 0 Å². The zero-order chi connectivity index (χ0) is 28.9. The molecule has 0 unspecified atom stereocenters. The lowest BCUT2D eigenvalue weighted by atomic mass is 10.1. The Balaban J connectivity index is 1.26. The lowest BCUT2D eigenvalue weighted by Gasteiger charge is -2.15. The molecular formula is C28H25Cl2F3N4O3. The van der Waals surface area contributed by atoms with Crippen molar-refractivity contribution in [2.24, 2.45) is 0 Å². The molecule has 3 aromatic rings. The number of amides is 4. The number of halogens is 5. The molecule has 0 bridgehead atoms. The molecule has 4 amide bonds. The number of carbonyl (C=O) groups is 3. The van der Waals surface area contributed by atoms with Crippen LogP contribution in [0.2, 0.25) is 10.0 Å². The predicted octanol–water partition coefficient (Wildman–Crippen LogP) is 5.66. The van der Waals surface area contributed by atoms with Crippen LogP contribution in [0.15, 0.2) is 60.7 Å². The molecule has 7 nitrogen and oxygen atoms in total. The maximum atomic E-state index is 12.9. The first-order valence-corrected chi connectivity index (χ1v) is 13.1. The van der Waals surface area contributed by atoms with E-state index >= 15 is 0 Å². The highest BCUT2D eigenvalue weighted by Gasteiger charge is 2.30. The number of rotatable bonds is 8. The molecule has 1 aliphatic carbocycles. The zero-order valence-electron chi connectivity index (χ0n) is 21.0. The molecule has 40 heavy (non-hydrogen) atoms. The standard InChI is InChI=1S/C28H25Cl2F3N4O3/c29-21-13-18(25(38)36-15-16-4-3-6-19(12-16)28(31,32)33)14-22(30)24(21)26(39)34-10-11-35-27(40)37-23-9-8-17-5-1-2-7-20(17)23/h1-7,12-14,23H,8-11,15H2,(H,34,39)(H,36,38)(H2,35,37,40)/t23-/m1/s1. The molecule has 12 heteroatoms. The Morgan fingerprint density at radius 1 is 0.850 bits per heavy atom. The van der Waals surface area contributed by atoms with Gasteiger partial charge in [0.15, 0.2) is 0 Å². The van der Waals surface area contributed by atoms with Crippen molar-refractivity contribution in [3.63, 3.8) is 0 Å². The van der Waals surface area contributed by atoms with E-state index in [0.717, 1.165) is 30.5 Å². The zero-order valence-corrected chi connectivity index (χ0v) is 22.5. The van der Waals surface area contributed by atoms with Crippen LogP contribution >= 0.6 is 23.2 Å². The Morgan fingerprint density at radius 3 is 2.27 bits per heavy atom. The van der Waals surface area contributed by atoms with Crippen molar-refractivity contribution in [2.75, 3.05) is 13.1 Å². The maximum absolute atomic E-state index is 12.9. The summed E-state index contributed by atoms with van der Waals surface area (Å²) in [7, 11) is 0. The number of benzene rings is 3. The van der Waals surface area contributed by atoms with Crippen molar-refractivity contribution in [3.05, 3.63) is 104 Å². The van der Waals surface area contributed by atoms with Gasteiger partial charge in [-0.25, -0.2) is 4.79 Å². The van der Waals surface area contributed by atoms with Gasteiger partial charge in [0.1, 0.15) is 0 Å². The van der Waals surface area contributed by atoms with Crippen LogP contribution in [0.1, 0.15) is 55.4 Å². The fourth-order valence-electron chi connectivity index (χ4n) is 4.42. The van der Waals surface area contributed by atoms with E-state index in [4.69, 9.17) is 23.2 Å². The van der Waals surface area contributed by atoms with E-state index < -0.39 is 23.6 Å². The molecule has 0 aliphatic heterocycles. The first-order chi connectivity index (χ1) is 19.0. The fourth-order valence-corrected chi connectivity index (χ4v) is 5.08. The molecule has 4 N–H and O–H groups in total. The highest BCUT2D eigenvalue weighted by molar-refractivity contribution is 6.40. The third-order valence-electron chi connectivity index (χ3n) is 6.37. The van der Waals surface area contributed by atoms with Crippen LogP contribution in [0.4, 0.5) is 18.0 Å². The van der Waals surface area contributed by atoms with Crippen LogP contribution in [0.3, 0.4) is 0 Å². The molecule has 0 fully saturated rings. The number of hydrogen-bond acceptors (Lipinski definition) is 3. The molecule has 1 aliphatic rings. The summed E-state index contributed by atoms with van der Waals surface area (Å²) in [5.74, 6) is -1.23. The van der Waals surface area contributed by atoms with E-state index in [2.05, 4.69) is 21.3 Å². The number of hydrogen-bond donors (Lipinski definition) is 4. The van der Waals surface area contributed by atoms with Gasteiger partial charge in [-0.05, 0) is 53.8 Å². The smallest absolute Gasteiger partial charge is 0.350 e. The van der Waals surface area contributed by atoms with Crippen LogP contribution in [0, 0.1) is 0 Å². The number of carbonyl (C=O) groups excluding carboxylic acids is 3. The number of nitrogens with one attached hydrogen (secondary N) is 4. The van der Waals surface area contributed by atoms with Crippen molar-refractivity contribution in [1.82, 2.24) is 21.3 Å². The van der Waals surface area contributed by atoms with Crippen molar-refractivity contribution in [3.8, 4) is 0 Å². The molecule has 4 rings (SSSR count).